The molecule has 1 aromatic carbocycles. The summed E-state index contributed by atoms with van der Waals surface area (Å²) in [6, 6.07) is 5.21. The van der Waals surface area contributed by atoms with Crippen LogP contribution in [-0.2, 0) is 4.79 Å². The third-order valence-electron chi connectivity index (χ3n) is 2.12. The largest absolute Gasteiger partial charge is 0.412 e. The molecule has 0 bridgehead atoms. The van der Waals surface area contributed by atoms with Gasteiger partial charge in [-0.25, -0.2) is 0 Å². The lowest BCUT2D eigenvalue weighted by Crippen LogP contribution is -2.38. The molecule has 1 unspecified atom stereocenters. The molecule has 0 spiro atoms. The zero-order valence-corrected chi connectivity index (χ0v) is 9.21. The summed E-state index contributed by atoms with van der Waals surface area (Å²) in [5.41, 5.74) is 0.0322. The van der Waals surface area contributed by atoms with Crippen LogP contribution in [0.25, 0.3) is 0 Å². The summed E-state index contributed by atoms with van der Waals surface area (Å²) >= 11 is 0. The maximum Gasteiger partial charge on any atom is 0.412 e. The average molecular weight is 243 g/mol. The number of amides is 1. The molecule has 0 heterocycles. The molecule has 0 aliphatic carbocycles. The van der Waals surface area contributed by atoms with Crippen molar-refractivity contribution in [3.05, 3.63) is 48.0 Å². The van der Waals surface area contributed by atoms with E-state index in [0.29, 0.717) is 0 Å². The number of rotatable bonds is 3. The monoisotopic (exact) mass is 243 g/mol. The molecule has 1 N–H and O–H groups in total. The molecular formula is C12H12F3NO. The number of carbonyl (C=O) groups excluding carboxylic acids is 1. The fraction of sp³-hybridized carbons (Fsp3) is 0.250. The van der Waals surface area contributed by atoms with Gasteiger partial charge in [-0.2, -0.15) is 13.2 Å². The minimum atomic E-state index is -4.54. The lowest BCUT2D eigenvalue weighted by molar-refractivity contribution is -0.162. The highest BCUT2D eigenvalue weighted by Crippen LogP contribution is 2.32. The van der Waals surface area contributed by atoms with Crippen LogP contribution >= 0.6 is 0 Å². The Labute approximate surface area is 97.1 Å². The summed E-state index contributed by atoms with van der Waals surface area (Å²) in [7, 11) is 0. The maximum atomic E-state index is 12.8. The van der Waals surface area contributed by atoms with Crippen molar-refractivity contribution >= 4 is 5.91 Å². The van der Waals surface area contributed by atoms with E-state index in [2.05, 4.69) is 6.58 Å². The zero-order valence-electron chi connectivity index (χ0n) is 9.21. The second kappa shape index (κ2) is 5.03. The third-order valence-corrected chi connectivity index (χ3v) is 2.12. The van der Waals surface area contributed by atoms with Gasteiger partial charge < -0.3 is 5.32 Å². The lowest BCUT2D eigenvalue weighted by Gasteiger charge is -2.22. The fourth-order valence-corrected chi connectivity index (χ4v) is 1.25. The number of halogens is 3. The van der Waals surface area contributed by atoms with E-state index < -0.39 is 18.1 Å². The molecule has 92 valence electrons. The first-order valence-electron chi connectivity index (χ1n) is 4.90. The Kier molecular flexibility index (Phi) is 3.93. The average Bonchev–Trinajstić information content (AvgIpc) is 2.25. The van der Waals surface area contributed by atoms with Gasteiger partial charge in [0.2, 0.25) is 5.91 Å². The Bertz CT molecular complexity index is 412. The fourth-order valence-electron chi connectivity index (χ4n) is 1.25. The van der Waals surface area contributed by atoms with Gasteiger partial charge in [0.05, 0.1) is 0 Å². The highest BCUT2D eigenvalue weighted by Gasteiger charge is 2.41. The Hall–Kier alpha value is -1.78. The maximum absolute atomic E-state index is 12.8. The molecule has 0 fully saturated rings. The minimum Gasteiger partial charge on any atom is -0.337 e. The van der Waals surface area contributed by atoms with Gasteiger partial charge in [-0.05, 0) is 12.5 Å². The Morgan fingerprint density at radius 2 is 1.82 bits per heavy atom. The molecular weight excluding hydrogens is 231 g/mol. The van der Waals surface area contributed by atoms with E-state index in [1.807, 2.05) is 5.32 Å². The van der Waals surface area contributed by atoms with Crippen LogP contribution in [0.15, 0.2) is 42.5 Å². The van der Waals surface area contributed by atoms with Crippen molar-refractivity contribution in [3.63, 3.8) is 0 Å². The van der Waals surface area contributed by atoms with Gasteiger partial charge in [0.25, 0.3) is 0 Å². The number of alkyl halides is 3. The molecule has 0 aliphatic rings. The topological polar surface area (TPSA) is 29.1 Å². The Balaban J connectivity index is 2.98. The van der Waals surface area contributed by atoms with Gasteiger partial charge in [-0.1, -0.05) is 36.9 Å². The van der Waals surface area contributed by atoms with Crippen molar-refractivity contribution in [2.24, 2.45) is 0 Å². The molecule has 0 saturated heterocycles. The van der Waals surface area contributed by atoms with Gasteiger partial charge in [-0.3, -0.25) is 4.79 Å². The molecule has 17 heavy (non-hydrogen) atoms. The van der Waals surface area contributed by atoms with E-state index in [1.165, 1.54) is 31.2 Å². The highest BCUT2D eigenvalue weighted by atomic mass is 19.4. The van der Waals surface area contributed by atoms with Crippen LogP contribution in [0.1, 0.15) is 18.5 Å². The summed E-state index contributed by atoms with van der Waals surface area (Å²) in [5.74, 6) is -0.809. The van der Waals surface area contributed by atoms with Crippen molar-refractivity contribution in [2.75, 3.05) is 0 Å². The first-order valence-corrected chi connectivity index (χ1v) is 4.90. The van der Waals surface area contributed by atoms with Gasteiger partial charge in [0, 0.05) is 5.57 Å². The minimum absolute atomic E-state index is 0.00500. The quantitative estimate of drug-likeness (QED) is 0.812. The Morgan fingerprint density at radius 3 is 2.24 bits per heavy atom. The summed E-state index contributed by atoms with van der Waals surface area (Å²) in [4.78, 5) is 11.3. The molecule has 0 saturated carbocycles. The van der Waals surface area contributed by atoms with Crippen molar-refractivity contribution in [3.8, 4) is 0 Å². The van der Waals surface area contributed by atoms with Crippen LogP contribution in [0.2, 0.25) is 0 Å². The summed E-state index contributed by atoms with van der Waals surface area (Å²) in [6.45, 7) is 4.66. The van der Waals surface area contributed by atoms with Crippen LogP contribution in [-0.4, -0.2) is 12.1 Å². The van der Waals surface area contributed by atoms with Gasteiger partial charge in [0.1, 0.15) is 0 Å². The van der Waals surface area contributed by atoms with Crippen molar-refractivity contribution in [2.45, 2.75) is 19.1 Å². The van der Waals surface area contributed by atoms with Crippen molar-refractivity contribution < 1.29 is 18.0 Å². The van der Waals surface area contributed by atoms with E-state index in [9.17, 15) is 18.0 Å². The number of nitrogens with one attached hydrogen (secondary N) is 1. The summed E-state index contributed by atoms with van der Waals surface area (Å²) in [5, 5.41) is 1.91. The highest BCUT2D eigenvalue weighted by molar-refractivity contribution is 5.92. The molecule has 1 atom stereocenters. The molecule has 1 aromatic rings. The second-order valence-corrected chi connectivity index (χ2v) is 3.64. The first kappa shape index (κ1) is 13.3. The molecule has 2 nitrogen and oxygen atoms in total. The van der Waals surface area contributed by atoms with Crippen LogP contribution in [0.5, 0.6) is 0 Å². The second-order valence-electron chi connectivity index (χ2n) is 3.64. The van der Waals surface area contributed by atoms with Crippen LogP contribution in [0.4, 0.5) is 13.2 Å². The van der Waals surface area contributed by atoms with E-state index in [-0.39, 0.29) is 11.1 Å². The molecule has 0 radical (unpaired) electrons. The Morgan fingerprint density at radius 1 is 1.29 bits per heavy atom. The molecule has 1 amide bonds. The van der Waals surface area contributed by atoms with Crippen molar-refractivity contribution in [1.82, 2.24) is 5.32 Å². The third kappa shape index (κ3) is 3.62. The SMILES string of the molecule is C=C(C)C(=O)NC(c1ccccc1)C(F)(F)F. The van der Waals surface area contributed by atoms with E-state index in [4.69, 9.17) is 0 Å². The number of benzene rings is 1. The molecule has 0 aromatic heterocycles. The van der Waals surface area contributed by atoms with Gasteiger partial charge in [0.15, 0.2) is 6.04 Å². The molecule has 1 rings (SSSR count). The molecule has 5 heteroatoms. The predicted molar refractivity (Wildman–Crippen MR) is 58.2 cm³/mol. The van der Waals surface area contributed by atoms with E-state index in [1.54, 1.807) is 6.07 Å². The number of hydrogen-bond donors (Lipinski definition) is 1. The van der Waals surface area contributed by atoms with E-state index >= 15 is 0 Å². The zero-order chi connectivity index (χ0) is 13.1. The standard InChI is InChI=1S/C12H12F3NO/c1-8(2)11(17)16-10(12(13,14)15)9-6-4-3-5-7-9/h3-7,10H,1H2,2H3,(H,16,17). The van der Waals surface area contributed by atoms with Gasteiger partial charge in [-0.15, -0.1) is 0 Å². The summed E-state index contributed by atoms with van der Waals surface area (Å²) in [6.07, 6.45) is -4.54. The number of hydrogen-bond acceptors (Lipinski definition) is 1. The van der Waals surface area contributed by atoms with Crippen molar-refractivity contribution in [1.29, 1.82) is 0 Å². The number of carbonyl (C=O) groups is 1. The normalized spacial score (nSPS) is 12.9. The van der Waals surface area contributed by atoms with Gasteiger partial charge >= 0.3 is 6.18 Å². The predicted octanol–water partition coefficient (Wildman–Crippen LogP) is 2.98. The summed E-state index contributed by atoms with van der Waals surface area (Å²) < 4.78 is 38.4. The molecule has 0 aliphatic heterocycles. The van der Waals surface area contributed by atoms with Crippen LogP contribution in [0, 0.1) is 0 Å². The van der Waals surface area contributed by atoms with Crippen LogP contribution < -0.4 is 5.32 Å². The van der Waals surface area contributed by atoms with E-state index in [0.717, 1.165) is 0 Å². The lowest BCUT2D eigenvalue weighted by atomic mass is 10.1. The first-order chi connectivity index (χ1) is 7.82. The van der Waals surface area contributed by atoms with Crippen LogP contribution in [0.3, 0.4) is 0 Å². The smallest absolute Gasteiger partial charge is 0.337 e.